The third-order valence-corrected chi connectivity index (χ3v) is 3.06. The summed E-state index contributed by atoms with van der Waals surface area (Å²) in [6.07, 6.45) is 1.48. The van der Waals surface area contributed by atoms with Crippen LogP contribution in [0.15, 0.2) is 54.6 Å². The van der Waals surface area contributed by atoms with E-state index >= 15 is 0 Å². The molecule has 0 aliphatic rings. The smallest absolute Gasteiger partial charge is 0.328 e. The first-order chi connectivity index (χ1) is 12.8. The molecule has 2 aromatic rings. The van der Waals surface area contributed by atoms with Crippen molar-refractivity contribution < 1.29 is 29.3 Å². The molecule has 1 amide bonds. The Bertz CT molecular complexity index is 954. The summed E-state index contributed by atoms with van der Waals surface area (Å²) < 4.78 is 5.40. The standard InChI is InChI=1S/C16H11N3O8/c20-15(6-7-16(21)22)17-10-2-1-3-12(8-10)27-14-5-4-11(18(23)24)9-13(14)19(25)26/h1-9H,(H,17,20)(H,21,22). The van der Waals surface area contributed by atoms with E-state index < -0.39 is 33.1 Å². The number of nitrogens with one attached hydrogen (secondary N) is 1. The average molecular weight is 373 g/mol. The topological polar surface area (TPSA) is 162 Å². The van der Waals surface area contributed by atoms with Crippen molar-refractivity contribution in [3.05, 3.63) is 74.8 Å². The van der Waals surface area contributed by atoms with Crippen LogP contribution in [0.2, 0.25) is 0 Å². The van der Waals surface area contributed by atoms with E-state index in [1.807, 2.05) is 0 Å². The lowest BCUT2D eigenvalue weighted by atomic mass is 10.2. The Morgan fingerprint density at radius 2 is 1.78 bits per heavy atom. The van der Waals surface area contributed by atoms with E-state index in [4.69, 9.17) is 9.84 Å². The second-order valence-electron chi connectivity index (χ2n) is 4.96. The Morgan fingerprint density at radius 1 is 1.04 bits per heavy atom. The van der Waals surface area contributed by atoms with Gasteiger partial charge >= 0.3 is 11.7 Å². The van der Waals surface area contributed by atoms with Crippen molar-refractivity contribution in [3.8, 4) is 11.5 Å². The summed E-state index contributed by atoms with van der Waals surface area (Å²) in [6.45, 7) is 0. The Morgan fingerprint density at radius 3 is 2.41 bits per heavy atom. The lowest BCUT2D eigenvalue weighted by Gasteiger charge is -2.08. The number of rotatable bonds is 7. The molecule has 0 atom stereocenters. The third-order valence-electron chi connectivity index (χ3n) is 3.06. The first-order valence-electron chi connectivity index (χ1n) is 7.19. The molecule has 0 saturated heterocycles. The fourth-order valence-electron chi connectivity index (χ4n) is 1.94. The second kappa shape index (κ2) is 8.20. The minimum Gasteiger partial charge on any atom is -0.478 e. The van der Waals surface area contributed by atoms with Gasteiger partial charge in [-0.2, -0.15) is 0 Å². The monoisotopic (exact) mass is 373 g/mol. The zero-order valence-electron chi connectivity index (χ0n) is 13.4. The molecule has 0 fully saturated rings. The number of carbonyl (C=O) groups excluding carboxylic acids is 1. The number of amides is 1. The van der Waals surface area contributed by atoms with Crippen LogP contribution in [0.3, 0.4) is 0 Å². The predicted molar refractivity (Wildman–Crippen MR) is 91.7 cm³/mol. The molecule has 2 rings (SSSR count). The van der Waals surface area contributed by atoms with Crippen molar-refractivity contribution in [2.24, 2.45) is 0 Å². The molecule has 0 radical (unpaired) electrons. The van der Waals surface area contributed by atoms with Gasteiger partial charge in [-0.25, -0.2) is 4.79 Å². The highest BCUT2D eigenvalue weighted by atomic mass is 16.6. The van der Waals surface area contributed by atoms with Crippen molar-refractivity contribution in [1.82, 2.24) is 0 Å². The van der Waals surface area contributed by atoms with Crippen molar-refractivity contribution >= 4 is 28.9 Å². The molecule has 138 valence electrons. The number of carboxylic acid groups (broad SMARTS) is 1. The number of hydrogen-bond donors (Lipinski definition) is 2. The van der Waals surface area contributed by atoms with Crippen LogP contribution < -0.4 is 10.1 Å². The van der Waals surface area contributed by atoms with Crippen LogP contribution in [-0.2, 0) is 9.59 Å². The van der Waals surface area contributed by atoms with E-state index in [1.54, 1.807) is 0 Å². The molecule has 0 aromatic heterocycles. The minimum absolute atomic E-state index is 0.118. The van der Waals surface area contributed by atoms with Crippen LogP contribution in [0.1, 0.15) is 0 Å². The predicted octanol–water partition coefficient (Wildman–Crippen LogP) is 2.87. The van der Waals surface area contributed by atoms with Crippen LogP contribution in [0.5, 0.6) is 11.5 Å². The van der Waals surface area contributed by atoms with Gasteiger partial charge in [0.25, 0.3) is 5.69 Å². The van der Waals surface area contributed by atoms with Crippen molar-refractivity contribution in [2.45, 2.75) is 0 Å². The molecule has 0 spiro atoms. The van der Waals surface area contributed by atoms with Crippen molar-refractivity contribution in [3.63, 3.8) is 0 Å². The van der Waals surface area contributed by atoms with Crippen LogP contribution in [0.25, 0.3) is 0 Å². The molecule has 0 heterocycles. The van der Waals surface area contributed by atoms with E-state index in [2.05, 4.69) is 5.32 Å². The molecule has 0 aliphatic carbocycles. The maximum Gasteiger partial charge on any atom is 0.328 e. The number of non-ortho nitro benzene ring substituents is 1. The molecular formula is C16H11N3O8. The Kier molecular flexibility index (Phi) is 5.79. The van der Waals surface area contributed by atoms with Crippen LogP contribution in [0.4, 0.5) is 17.1 Å². The quantitative estimate of drug-likeness (QED) is 0.425. The summed E-state index contributed by atoms with van der Waals surface area (Å²) in [6, 6.07) is 8.71. The first kappa shape index (κ1) is 19.1. The van der Waals surface area contributed by atoms with E-state index in [1.165, 1.54) is 24.3 Å². The maximum absolute atomic E-state index is 11.6. The van der Waals surface area contributed by atoms with Gasteiger partial charge in [0.15, 0.2) is 0 Å². The summed E-state index contributed by atoms with van der Waals surface area (Å²) in [7, 11) is 0. The minimum atomic E-state index is -1.28. The lowest BCUT2D eigenvalue weighted by molar-refractivity contribution is -0.394. The number of nitro groups is 2. The van der Waals surface area contributed by atoms with E-state index in [9.17, 15) is 29.8 Å². The first-order valence-corrected chi connectivity index (χ1v) is 7.19. The highest BCUT2D eigenvalue weighted by Gasteiger charge is 2.21. The summed E-state index contributed by atoms with van der Waals surface area (Å²) in [5.41, 5.74) is -0.805. The number of hydrogen-bond acceptors (Lipinski definition) is 7. The van der Waals surface area contributed by atoms with Gasteiger partial charge in [0.05, 0.1) is 15.9 Å². The molecule has 27 heavy (non-hydrogen) atoms. The molecule has 2 aromatic carbocycles. The summed E-state index contributed by atoms with van der Waals surface area (Å²) in [5.74, 6) is -2.09. The van der Waals surface area contributed by atoms with Crippen molar-refractivity contribution in [1.29, 1.82) is 0 Å². The number of benzene rings is 2. The largest absolute Gasteiger partial charge is 0.478 e. The van der Waals surface area contributed by atoms with Gasteiger partial charge in [-0.15, -0.1) is 0 Å². The third kappa shape index (κ3) is 5.35. The summed E-state index contributed by atoms with van der Waals surface area (Å²) in [5, 5.41) is 32.7. The van der Waals surface area contributed by atoms with Crippen LogP contribution >= 0.6 is 0 Å². The van der Waals surface area contributed by atoms with Gasteiger partial charge in [0.1, 0.15) is 5.75 Å². The van der Waals surface area contributed by atoms with Crippen LogP contribution in [0, 0.1) is 20.2 Å². The number of nitro benzene ring substituents is 2. The number of carbonyl (C=O) groups is 2. The van der Waals surface area contributed by atoms with Crippen molar-refractivity contribution in [2.75, 3.05) is 5.32 Å². The molecular weight excluding hydrogens is 362 g/mol. The number of anilines is 1. The molecule has 0 aliphatic heterocycles. The van der Waals surface area contributed by atoms with Gasteiger partial charge in [0.2, 0.25) is 11.7 Å². The van der Waals surface area contributed by atoms with Gasteiger partial charge in [-0.05, 0) is 18.2 Å². The van der Waals surface area contributed by atoms with E-state index in [-0.39, 0.29) is 17.2 Å². The molecule has 2 N–H and O–H groups in total. The maximum atomic E-state index is 11.6. The molecule has 0 saturated carbocycles. The fraction of sp³-hybridized carbons (Fsp3) is 0. The van der Waals surface area contributed by atoms with E-state index in [0.29, 0.717) is 6.08 Å². The van der Waals surface area contributed by atoms with Crippen LogP contribution in [-0.4, -0.2) is 26.8 Å². The highest BCUT2D eigenvalue weighted by molar-refractivity contribution is 6.02. The SMILES string of the molecule is O=C(O)C=CC(=O)Nc1cccc(Oc2ccc([N+](=O)[O-])cc2[N+](=O)[O-])c1. The number of ether oxygens (including phenoxy) is 1. The normalized spacial score (nSPS) is 10.4. The zero-order chi connectivity index (χ0) is 20.0. The highest BCUT2D eigenvalue weighted by Crippen LogP contribution is 2.34. The van der Waals surface area contributed by atoms with Gasteiger partial charge in [-0.1, -0.05) is 6.07 Å². The Balaban J connectivity index is 2.23. The Hall–Kier alpha value is -4.28. The average Bonchev–Trinajstić information content (AvgIpc) is 2.60. The molecule has 0 bridgehead atoms. The number of carboxylic acids is 1. The fourth-order valence-corrected chi connectivity index (χ4v) is 1.94. The molecule has 11 heteroatoms. The number of aliphatic carboxylic acids is 1. The molecule has 0 unspecified atom stereocenters. The Labute approximate surface area is 150 Å². The number of nitrogens with zero attached hydrogens (tertiary/aromatic N) is 2. The van der Waals surface area contributed by atoms with Gasteiger partial charge in [0, 0.05) is 30.0 Å². The zero-order valence-corrected chi connectivity index (χ0v) is 13.4. The lowest BCUT2D eigenvalue weighted by Crippen LogP contribution is -2.08. The second-order valence-corrected chi connectivity index (χ2v) is 4.96. The van der Waals surface area contributed by atoms with Gasteiger partial charge < -0.3 is 15.2 Å². The van der Waals surface area contributed by atoms with Gasteiger partial charge in [-0.3, -0.25) is 25.0 Å². The molecule has 11 nitrogen and oxygen atoms in total. The summed E-state index contributed by atoms with van der Waals surface area (Å²) >= 11 is 0. The van der Waals surface area contributed by atoms with E-state index in [0.717, 1.165) is 24.3 Å². The summed E-state index contributed by atoms with van der Waals surface area (Å²) in [4.78, 5) is 42.2.